The van der Waals surface area contributed by atoms with Gasteiger partial charge in [-0.15, -0.1) is 0 Å². The first kappa shape index (κ1) is 9.49. The van der Waals surface area contributed by atoms with Crippen LogP contribution < -0.4 is 10.5 Å². The van der Waals surface area contributed by atoms with Crippen molar-refractivity contribution in [3.05, 3.63) is 23.9 Å². The van der Waals surface area contributed by atoms with E-state index in [-0.39, 0.29) is 0 Å². The van der Waals surface area contributed by atoms with Gasteiger partial charge in [-0.05, 0) is 19.0 Å². The molecule has 0 atom stereocenters. The number of ether oxygens (including phenoxy) is 1. The van der Waals surface area contributed by atoms with Gasteiger partial charge in [-0.25, -0.2) is 4.98 Å². The first-order valence-corrected chi connectivity index (χ1v) is 4.06. The molecule has 0 aliphatic heterocycles. The predicted octanol–water partition coefficient (Wildman–Crippen LogP) is 0.681. The van der Waals surface area contributed by atoms with Crippen molar-refractivity contribution in [2.75, 3.05) is 13.2 Å². The van der Waals surface area contributed by atoms with Crippen LogP contribution in [0.15, 0.2) is 18.3 Å². The smallest absolute Gasteiger partial charge is 0.214 e. The Balaban J connectivity index is 2.52. The Morgan fingerprint density at radius 2 is 2.46 bits per heavy atom. The van der Waals surface area contributed by atoms with Crippen molar-refractivity contribution < 1.29 is 4.74 Å². The molecule has 0 aliphatic rings. The van der Waals surface area contributed by atoms with Gasteiger partial charge in [0, 0.05) is 12.3 Å². The highest BCUT2D eigenvalue weighted by Crippen LogP contribution is 2.07. The van der Waals surface area contributed by atoms with Crippen molar-refractivity contribution in [3.8, 4) is 11.9 Å². The summed E-state index contributed by atoms with van der Waals surface area (Å²) < 4.78 is 5.25. The summed E-state index contributed by atoms with van der Waals surface area (Å²) in [6, 6.07) is 5.26. The summed E-state index contributed by atoms with van der Waals surface area (Å²) in [7, 11) is 0. The number of pyridine rings is 1. The number of nitrogens with two attached hydrogens (primary N) is 1. The van der Waals surface area contributed by atoms with Crippen LogP contribution in [0, 0.1) is 11.3 Å². The number of hydrogen-bond donors (Lipinski definition) is 1. The summed E-state index contributed by atoms with van der Waals surface area (Å²) in [4.78, 5) is 3.95. The molecule has 1 heterocycles. The zero-order valence-electron chi connectivity index (χ0n) is 7.23. The molecule has 0 unspecified atom stereocenters. The molecule has 0 fully saturated rings. The third-order valence-corrected chi connectivity index (χ3v) is 1.46. The van der Waals surface area contributed by atoms with Crippen LogP contribution in [0.4, 0.5) is 0 Å². The van der Waals surface area contributed by atoms with Gasteiger partial charge in [0.15, 0.2) is 0 Å². The van der Waals surface area contributed by atoms with Crippen molar-refractivity contribution in [2.45, 2.75) is 6.42 Å². The van der Waals surface area contributed by atoms with Gasteiger partial charge < -0.3 is 10.5 Å². The predicted molar refractivity (Wildman–Crippen MR) is 48.1 cm³/mol. The fourth-order valence-corrected chi connectivity index (χ4v) is 0.818. The maximum Gasteiger partial charge on any atom is 0.214 e. The van der Waals surface area contributed by atoms with Crippen molar-refractivity contribution in [1.82, 2.24) is 4.98 Å². The lowest BCUT2D eigenvalue weighted by molar-refractivity contribution is 0.301. The molecule has 0 aliphatic carbocycles. The van der Waals surface area contributed by atoms with Crippen molar-refractivity contribution in [1.29, 1.82) is 5.26 Å². The van der Waals surface area contributed by atoms with Crippen molar-refractivity contribution in [3.63, 3.8) is 0 Å². The van der Waals surface area contributed by atoms with Crippen LogP contribution in [-0.4, -0.2) is 18.1 Å². The monoisotopic (exact) mass is 177 g/mol. The van der Waals surface area contributed by atoms with E-state index in [2.05, 4.69) is 4.98 Å². The van der Waals surface area contributed by atoms with Gasteiger partial charge in [0.25, 0.3) is 0 Å². The van der Waals surface area contributed by atoms with E-state index in [9.17, 15) is 0 Å². The van der Waals surface area contributed by atoms with Gasteiger partial charge in [0.05, 0.1) is 18.2 Å². The molecule has 2 N–H and O–H groups in total. The third kappa shape index (κ3) is 3.09. The van der Waals surface area contributed by atoms with E-state index in [4.69, 9.17) is 15.7 Å². The zero-order valence-corrected chi connectivity index (χ0v) is 7.23. The first-order chi connectivity index (χ1) is 6.36. The quantitative estimate of drug-likeness (QED) is 0.686. The highest BCUT2D eigenvalue weighted by Gasteiger charge is 1.96. The number of rotatable bonds is 4. The maximum absolute atomic E-state index is 8.58. The molecule has 0 bridgehead atoms. The molecule has 1 aromatic heterocycles. The lowest BCUT2D eigenvalue weighted by Crippen LogP contribution is -2.06. The molecule has 4 nitrogen and oxygen atoms in total. The molecule has 13 heavy (non-hydrogen) atoms. The van der Waals surface area contributed by atoms with E-state index in [1.165, 1.54) is 0 Å². The summed E-state index contributed by atoms with van der Waals surface area (Å²) >= 11 is 0. The van der Waals surface area contributed by atoms with Gasteiger partial charge >= 0.3 is 0 Å². The second kappa shape index (κ2) is 5.12. The highest BCUT2D eigenvalue weighted by atomic mass is 16.5. The lowest BCUT2D eigenvalue weighted by Gasteiger charge is -2.02. The summed E-state index contributed by atoms with van der Waals surface area (Å²) in [6.45, 7) is 1.14. The Kier molecular flexibility index (Phi) is 3.74. The highest BCUT2D eigenvalue weighted by molar-refractivity contribution is 5.31. The fourth-order valence-electron chi connectivity index (χ4n) is 0.818. The van der Waals surface area contributed by atoms with Gasteiger partial charge in [-0.3, -0.25) is 0 Å². The minimum absolute atomic E-state index is 0.479. The molecule has 4 heteroatoms. The molecule has 0 saturated heterocycles. The Morgan fingerprint density at radius 1 is 1.62 bits per heavy atom. The van der Waals surface area contributed by atoms with Crippen molar-refractivity contribution in [2.24, 2.45) is 5.73 Å². The standard InChI is InChI=1S/C9H11N3O/c10-3-1-5-13-9-6-8(7-11)2-4-12-9/h2,4,6H,1,3,5,10H2. The first-order valence-electron chi connectivity index (χ1n) is 4.06. The fraction of sp³-hybridized carbons (Fsp3) is 0.333. The summed E-state index contributed by atoms with van der Waals surface area (Å²) in [5.41, 5.74) is 5.85. The Hall–Kier alpha value is -1.60. The SMILES string of the molecule is N#Cc1ccnc(OCCCN)c1. The van der Waals surface area contributed by atoms with Crippen LogP contribution in [0.5, 0.6) is 5.88 Å². The third-order valence-electron chi connectivity index (χ3n) is 1.46. The normalized spacial score (nSPS) is 9.23. The number of nitrogens with zero attached hydrogens (tertiary/aromatic N) is 2. The molecule has 0 spiro atoms. The van der Waals surface area contributed by atoms with E-state index in [0.29, 0.717) is 24.6 Å². The molecule has 0 radical (unpaired) electrons. The van der Waals surface area contributed by atoms with Gasteiger partial charge in [0.2, 0.25) is 5.88 Å². The molecular formula is C9H11N3O. The Bertz CT molecular complexity index is 306. The van der Waals surface area contributed by atoms with Crippen LogP contribution in [0.2, 0.25) is 0 Å². The Morgan fingerprint density at radius 3 is 3.15 bits per heavy atom. The van der Waals surface area contributed by atoms with Gasteiger partial charge in [-0.1, -0.05) is 0 Å². The van der Waals surface area contributed by atoms with E-state index < -0.39 is 0 Å². The molecule has 1 rings (SSSR count). The second-order valence-electron chi connectivity index (χ2n) is 2.49. The minimum Gasteiger partial charge on any atom is -0.478 e. The molecule has 0 saturated carbocycles. The Labute approximate surface area is 77.0 Å². The lowest BCUT2D eigenvalue weighted by atomic mass is 10.3. The van der Waals surface area contributed by atoms with E-state index >= 15 is 0 Å². The van der Waals surface area contributed by atoms with Gasteiger partial charge in [0.1, 0.15) is 0 Å². The average Bonchev–Trinajstić information content (AvgIpc) is 2.19. The number of nitriles is 1. The average molecular weight is 177 g/mol. The van der Waals surface area contributed by atoms with Crippen LogP contribution >= 0.6 is 0 Å². The topological polar surface area (TPSA) is 71.9 Å². The molecule has 0 aromatic carbocycles. The number of hydrogen-bond acceptors (Lipinski definition) is 4. The maximum atomic E-state index is 8.58. The van der Waals surface area contributed by atoms with Crippen molar-refractivity contribution >= 4 is 0 Å². The summed E-state index contributed by atoms with van der Waals surface area (Å²) in [5.74, 6) is 0.479. The van der Waals surface area contributed by atoms with E-state index in [1.807, 2.05) is 6.07 Å². The van der Waals surface area contributed by atoms with E-state index in [0.717, 1.165) is 6.42 Å². The van der Waals surface area contributed by atoms with E-state index in [1.54, 1.807) is 18.3 Å². The van der Waals surface area contributed by atoms with Crippen LogP contribution in [0.1, 0.15) is 12.0 Å². The minimum atomic E-state index is 0.479. The second-order valence-corrected chi connectivity index (χ2v) is 2.49. The summed E-state index contributed by atoms with van der Waals surface area (Å²) in [6.07, 6.45) is 2.34. The molecule has 0 amide bonds. The van der Waals surface area contributed by atoms with Crippen LogP contribution in [-0.2, 0) is 0 Å². The number of aromatic nitrogens is 1. The molecule has 68 valence electrons. The van der Waals surface area contributed by atoms with Gasteiger partial charge in [-0.2, -0.15) is 5.26 Å². The molecular weight excluding hydrogens is 166 g/mol. The zero-order chi connectivity index (χ0) is 9.52. The molecule has 1 aromatic rings. The van der Waals surface area contributed by atoms with Crippen LogP contribution in [0.3, 0.4) is 0 Å². The largest absolute Gasteiger partial charge is 0.478 e. The van der Waals surface area contributed by atoms with Crippen LogP contribution in [0.25, 0.3) is 0 Å². The summed E-state index contributed by atoms with van der Waals surface area (Å²) in [5, 5.41) is 8.58.